The summed E-state index contributed by atoms with van der Waals surface area (Å²) < 4.78 is 24.4. The zero-order chi connectivity index (χ0) is 8.65. The van der Waals surface area contributed by atoms with E-state index in [4.69, 9.17) is 0 Å². The number of hydrogen-bond acceptors (Lipinski definition) is 2. The monoisotopic (exact) mass is 177 g/mol. The average Bonchev–Trinajstić information content (AvgIpc) is 2.66. The number of rotatable bonds is 3. The maximum Gasteiger partial charge on any atom is 0.216 e. The minimum absolute atomic E-state index is 0.0742. The Morgan fingerprint density at radius 3 is 2.09 bits per heavy atom. The Morgan fingerprint density at radius 2 is 1.82 bits per heavy atom. The van der Waals surface area contributed by atoms with Crippen LogP contribution in [0, 0.1) is 0 Å². The molecule has 0 radical (unpaired) electrons. The largest absolute Gasteiger partial charge is 0.216 e. The third kappa shape index (κ3) is 1.73. The molecule has 0 atom stereocenters. The number of sulfonamides is 1. The normalized spacial score (nSPS) is 19.7. The third-order valence-electron chi connectivity index (χ3n) is 2.07. The van der Waals surface area contributed by atoms with E-state index in [1.165, 1.54) is 4.31 Å². The van der Waals surface area contributed by atoms with Crippen LogP contribution in [0.4, 0.5) is 0 Å². The van der Waals surface area contributed by atoms with Crippen molar-refractivity contribution in [1.29, 1.82) is 0 Å². The SMILES string of the molecule is CC(C)N(C)S(=O)(=O)C1CC1. The van der Waals surface area contributed by atoms with Crippen LogP contribution in [-0.4, -0.2) is 31.1 Å². The van der Waals surface area contributed by atoms with Crippen LogP contribution < -0.4 is 0 Å². The third-order valence-corrected chi connectivity index (χ3v) is 4.61. The molecule has 11 heavy (non-hydrogen) atoms. The van der Waals surface area contributed by atoms with Crippen molar-refractivity contribution in [2.45, 2.75) is 38.0 Å². The van der Waals surface area contributed by atoms with E-state index < -0.39 is 10.0 Å². The van der Waals surface area contributed by atoms with Crippen LogP contribution in [0.25, 0.3) is 0 Å². The minimum Gasteiger partial charge on any atom is -0.212 e. The Balaban J connectivity index is 2.71. The van der Waals surface area contributed by atoms with Gasteiger partial charge < -0.3 is 0 Å². The van der Waals surface area contributed by atoms with Gasteiger partial charge in [-0.05, 0) is 26.7 Å². The van der Waals surface area contributed by atoms with Gasteiger partial charge in [-0.25, -0.2) is 12.7 Å². The molecular weight excluding hydrogens is 162 g/mol. The van der Waals surface area contributed by atoms with E-state index in [9.17, 15) is 8.42 Å². The van der Waals surface area contributed by atoms with Crippen LogP contribution in [0.1, 0.15) is 26.7 Å². The first-order valence-electron chi connectivity index (χ1n) is 3.93. The summed E-state index contributed by atoms with van der Waals surface area (Å²) in [6, 6.07) is 0.0839. The second-order valence-corrected chi connectivity index (χ2v) is 5.63. The fourth-order valence-electron chi connectivity index (χ4n) is 0.895. The molecule has 3 nitrogen and oxygen atoms in total. The van der Waals surface area contributed by atoms with E-state index in [1.54, 1.807) is 7.05 Å². The highest BCUT2D eigenvalue weighted by Gasteiger charge is 2.39. The van der Waals surface area contributed by atoms with Crippen LogP contribution in [0.3, 0.4) is 0 Å². The Hall–Kier alpha value is -0.0900. The summed E-state index contributed by atoms with van der Waals surface area (Å²) >= 11 is 0. The molecule has 0 bridgehead atoms. The van der Waals surface area contributed by atoms with Crippen molar-refractivity contribution in [1.82, 2.24) is 4.31 Å². The lowest BCUT2D eigenvalue weighted by atomic mass is 10.4. The molecule has 0 N–H and O–H groups in total. The Kier molecular flexibility index (Phi) is 2.25. The fourth-order valence-corrected chi connectivity index (χ4v) is 2.68. The van der Waals surface area contributed by atoms with Gasteiger partial charge in [-0.2, -0.15) is 0 Å². The molecule has 0 amide bonds. The quantitative estimate of drug-likeness (QED) is 0.640. The molecule has 1 rings (SSSR count). The van der Waals surface area contributed by atoms with Crippen molar-refractivity contribution < 1.29 is 8.42 Å². The van der Waals surface area contributed by atoms with Crippen molar-refractivity contribution in [3.63, 3.8) is 0 Å². The lowest BCUT2D eigenvalue weighted by Crippen LogP contribution is -2.35. The lowest BCUT2D eigenvalue weighted by Gasteiger charge is -2.20. The molecule has 0 aromatic rings. The predicted molar refractivity (Wildman–Crippen MR) is 44.8 cm³/mol. The Bertz CT molecular complexity index is 229. The highest BCUT2D eigenvalue weighted by Crippen LogP contribution is 2.30. The first kappa shape index (κ1) is 9.00. The summed E-state index contributed by atoms with van der Waals surface area (Å²) in [6.45, 7) is 3.78. The molecule has 66 valence electrons. The van der Waals surface area contributed by atoms with Gasteiger partial charge in [0.05, 0.1) is 5.25 Å². The van der Waals surface area contributed by atoms with Gasteiger partial charge in [0.25, 0.3) is 0 Å². The minimum atomic E-state index is -2.93. The standard InChI is InChI=1S/C7H15NO2S/c1-6(2)8(3)11(9,10)7-4-5-7/h6-7H,4-5H2,1-3H3. The van der Waals surface area contributed by atoms with Gasteiger partial charge in [-0.1, -0.05) is 0 Å². The summed E-state index contributed by atoms with van der Waals surface area (Å²) in [4.78, 5) is 0. The first-order valence-corrected chi connectivity index (χ1v) is 5.43. The molecule has 0 spiro atoms. The smallest absolute Gasteiger partial charge is 0.212 e. The lowest BCUT2D eigenvalue weighted by molar-refractivity contribution is 0.409. The molecule has 1 aliphatic carbocycles. The van der Waals surface area contributed by atoms with E-state index in [-0.39, 0.29) is 11.3 Å². The molecule has 4 heteroatoms. The van der Waals surface area contributed by atoms with Crippen LogP contribution >= 0.6 is 0 Å². The van der Waals surface area contributed by atoms with E-state index in [1.807, 2.05) is 13.8 Å². The summed E-state index contributed by atoms with van der Waals surface area (Å²) in [5.74, 6) is 0. The van der Waals surface area contributed by atoms with Crippen molar-refractivity contribution in [2.24, 2.45) is 0 Å². The molecule has 1 fully saturated rings. The summed E-state index contributed by atoms with van der Waals surface area (Å²) in [5, 5.41) is -0.0742. The highest BCUT2D eigenvalue weighted by atomic mass is 32.2. The Labute approximate surface area is 68.4 Å². The molecule has 0 heterocycles. The summed E-state index contributed by atoms with van der Waals surface area (Å²) in [5.41, 5.74) is 0. The van der Waals surface area contributed by atoms with Crippen LogP contribution in [0.2, 0.25) is 0 Å². The van der Waals surface area contributed by atoms with Gasteiger partial charge in [0, 0.05) is 13.1 Å². The van der Waals surface area contributed by atoms with Crippen molar-refractivity contribution in [2.75, 3.05) is 7.05 Å². The van der Waals surface area contributed by atoms with Crippen molar-refractivity contribution in [3.8, 4) is 0 Å². The zero-order valence-corrected chi connectivity index (χ0v) is 8.06. The zero-order valence-electron chi connectivity index (χ0n) is 7.24. The maximum absolute atomic E-state index is 11.5. The highest BCUT2D eigenvalue weighted by molar-refractivity contribution is 7.90. The predicted octanol–water partition coefficient (Wildman–Crippen LogP) is 0.819. The van der Waals surface area contributed by atoms with E-state index in [2.05, 4.69) is 0 Å². The molecule has 0 aliphatic heterocycles. The average molecular weight is 177 g/mol. The van der Waals surface area contributed by atoms with Gasteiger partial charge in [0.15, 0.2) is 0 Å². The maximum atomic E-state index is 11.5. The van der Waals surface area contributed by atoms with Gasteiger partial charge in [-0.3, -0.25) is 0 Å². The molecule has 1 saturated carbocycles. The number of nitrogens with zero attached hydrogens (tertiary/aromatic N) is 1. The van der Waals surface area contributed by atoms with Crippen molar-refractivity contribution >= 4 is 10.0 Å². The first-order chi connectivity index (χ1) is 4.96. The molecule has 0 aromatic heterocycles. The molecule has 0 unspecified atom stereocenters. The molecular formula is C7H15NO2S. The van der Waals surface area contributed by atoms with Gasteiger partial charge in [0.2, 0.25) is 10.0 Å². The summed E-state index contributed by atoms with van der Waals surface area (Å²) in [6.07, 6.45) is 1.69. The van der Waals surface area contributed by atoms with E-state index in [0.29, 0.717) is 0 Å². The van der Waals surface area contributed by atoms with Gasteiger partial charge in [-0.15, -0.1) is 0 Å². The second-order valence-electron chi connectivity index (χ2n) is 3.35. The van der Waals surface area contributed by atoms with E-state index >= 15 is 0 Å². The Morgan fingerprint density at radius 1 is 1.36 bits per heavy atom. The van der Waals surface area contributed by atoms with Crippen LogP contribution in [0.15, 0.2) is 0 Å². The second kappa shape index (κ2) is 2.75. The molecule has 0 aromatic carbocycles. The van der Waals surface area contributed by atoms with Crippen LogP contribution in [-0.2, 0) is 10.0 Å². The summed E-state index contributed by atoms with van der Waals surface area (Å²) in [7, 11) is -1.28. The van der Waals surface area contributed by atoms with Crippen LogP contribution in [0.5, 0.6) is 0 Å². The fraction of sp³-hybridized carbons (Fsp3) is 1.00. The number of hydrogen-bond donors (Lipinski definition) is 0. The van der Waals surface area contributed by atoms with Crippen molar-refractivity contribution in [3.05, 3.63) is 0 Å². The molecule has 0 saturated heterocycles. The topological polar surface area (TPSA) is 37.4 Å². The van der Waals surface area contributed by atoms with Gasteiger partial charge >= 0.3 is 0 Å². The molecule has 1 aliphatic rings. The van der Waals surface area contributed by atoms with Gasteiger partial charge in [0.1, 0.15) is 0 Å². The van der Waals surface area contributed by atoms with E-state index in [0.717, 1.165) is 12.8 Å².